The highest BCUT2D eigenvalue weighted by atomic mass is 32.1. The van der Waals surface area contributed by atoms with Crippen LogP contribution in [0.5, 0.6) is 0 Å². The molecule has 116 valence electrons. The van der Waals surface area contributed by atoms with E-state index in [0.29, 0.717) is 19.4 Å². The summed E-state index contributed by atoms with van der Waals surface area (Å²) in [4.78, 5) is 25.7. The zero-order valence-electron chi connectivity index (χ0n) is 12.6. The predicted molar refractivity (Wildman–Crippen MR) is 85.3 cm³/mol. The summed E-state index contributed by atoms with van der Waals surface area (Å²) in [6, 6.07) is 2.22. The molecule has 1 atom stereocenters. The van der Waals surface area contributed by atoms with Gasteiger partial charge in [-0.25, -0.2) is 0 Å². The Morgan fingerprint density at radius 1 is 1.43 bits per heavy atom. The SMILES string of the molecule is CC(Cc1ccsc1)NC(=O)CCN1CCCCCC1=O. The highest BCUT2D eigenvalue weighted by Gasteiger charge is 2.17. The fraction of sp³-hybridized carbons (Fsp3) is 0.625. The van der Waals surface area contributed by atoms with Gasteiger partial charge in [0, 0.05) is 32.0 Å². The lowest BCUT2D eigenvalue weighted by atomic mass is 10.1. The summed E-state index contributed by atoms with van der Waals surface area (Å²) >= 11 is 1.67. The number of rotatable bonds is 6. The lowest BCUT2D eigenvalue weighted by Gasteiger charge is -2.21. The highest BCUT2D eigenvalue weighted by Crippen LogP contribution is 2.12. The summed E-state index contributed by atoms with van der Waals surface area (Å²) in [6.45, 7) is 3.37. The fourth-order valence-electron chi connectivity index (χ4n) is 2.67. The molecule has 1 unspecified atom stereocenters. The molecule has 0 spiro atoms. The molecule has 1 fully saturated rings. The Hall–Kier alpha value is -1.36. The van der Waals surface area contributed by atoms with E-state index in [4.69, 9.17) is 0 Å². The normalized spacial score (nSPS) is 17.4. The van der Waals surface area contributed by atoms with Crippen LogP contribution in [-0.2, 0) is 16.0 Å². The molecular formula is C16H24N2O2S. The zero-order valence-corrected chi connectivity index (χ0v) is 13.5. The minimum atomic E-state index is 0.0368. The van der Waals surface area contributed by atoms with Crippen LogP contribution in [0.1, 0.15) is 44.6 Å². The van der Waals surface area contributed by atoms with Gasteiger partial charge in [0.2, 0.25) is 11.8 Å². The van der Waals surface area contributed by atoms with Gasteiger partial charge in [0.25, 0.3) is 0 Å². The molecule has 5 heteroatoms. The first-order valence-electron chi connectivity index (χ1n) is 7.73. The van der Waals surface area contributed by atoms with Crippen molar-refractivity contribution in [1.82, 2.24) is 10.2 Å². The van der Waals surface area contributed by atoms with Gasteiger partial charge in [-0.3, -0.25) is 9.59 Å². The molecule has 2 rings (SSSR count). The number of amides is 2. The maximum atomic E-state index is 12.0. The van der Waals surface area contributed by atoms with Crippen LogP contribution in [0.25, 0.3) is 0 Å². The molecule has 1 aromatic rings. The molecule has 0 aromatic carbocycles. The van der Waals surface area contributed by atoms with Crippen molar-refractivity contribution in [3.05, 3.63) is 22.4 Å². The molecule has 1 aliphatic rings. The Morgan fingerprint density at radius 3 is 3.05 bits per heavy atom. The summed E-state index contributed by atoms with van der Waals surface area (Å²) in [5.41, 5.74) is 1.26. The number of likely N-dealkylation sites (tertiary alicyclic amines) is 1. The van der Waals surface area contributed by atoms with Crippen LogP contribution in [-0.4, -0.2) is 35.8 Å². The maximum Gasteiger partial charge on any atom is 0.222 e. The Balaban J connectivity index is 1.70. The van der Waals surface area contributed by atoms with E-state index < -0.39 is 0 Å². The molecule has 1 N–H and O–H groups in total. The van der Waals surface area contributed by atoms with Gasteiger partial charge in [0.1, 0.15) is 0 Å². The monoisotopic (exact) mass is 308 g/mol. The quantitative estimate of drug-likeness (QED) is 0.878. The summed E-state index contributed by atoms with van der Waals surface area (Å²) in [5.74, 6) is 0.237. The molecule has 1 aliphatic heterocycles. The van der Waals surface area contributed by atoms with Crippen molar-refractivity contribution in [2.24, 2.45) is 0 Å². The van der Waals surface area contributed by atoms with Gasteiger partial charge in [-0.15, -0.1) is 0 Å². The van der Waals surface area contributed by atoms with Crippen LogP contribution in [0.2, 0.25) is 0 Å². The number of thiophene rings is 1. The second kappa shape index (κ2) is 8.17. The first-order valence-corrected chi connectivity index (χ1v) is 8.67. The molecule has 0 aliphatic carbocycles. The first kappa shape index (κ1) is 16.0. The Bertz CT molecular complexity index is 459. The summed E-state index contributed by atoms with van der Waals surface area (Å²) in [6.07, 6.45) is 5.06. The summed E-state index contributed by atoms with van der Waals surface area (Å²) < 4.78 is 0. The van der Waals surface area contributed by atoms with Crippen LogP contribution >= 0.6 is 11.3 Å². The molecule has 2 amide bonds. The van der Waals surface area contributed by atoms with Gasteiger partial charge < -0.3 is 10.2 Å². The van der Waals surface area contributed by atoms with Crippen LogP contribution < -0.4 is 5.32 Å². The second-order valence-corrected chi connectivity index (χ2v) is 6.53. The van der Waals surface area contributed by atoms with Crippen LogP contribution in [0.4, 0.5) is 0 Å². The molecule has 1 aromatic heterocycles. The predicted octanol–water partition coefficient (Wildman–Crippen LogP) is 2.59. The number of carbonyl (C=O) groups is 2. The lowest BCUT2D eigenvalue weighted by molar-refractivity contribution is -0.131. The molecule has 4 nitrogen and oxygen atoms in total. The minimum Gasteiger partial charge on any atom is -0.353 e. The third-order valence-corrected chi connectivity index (χ3v) is 4.54. The van der Waals surface area contributed by atoms with Crippen molar-refractivity contribution >= 4 is 23.2 Å². The Labute approximate surface area is 130 Å². The molecule has 2 heterocycles. The van der Waals surface area contributed by atoms with Gasteiger partial charge >= 0.3 is 0 Å². The van der Waals surface area contributed by atoms with E-state index in [9.17, 15) is 9.59 Å². The van der Waals surface area contributed by atoms with E-state index in [1.807, 2.05) is 11.8 Å². The molecular weight excluding hydrogens is 284 g/mol. The first-order chi connectivity index (χ1) is 10.1. The zero-order chi connectivity index (χ0) is 15.1. The fourth-order valence-corrected chi connectivity index (χ4v) is 3.35. The van der Waals surface area contributed by atoms with Crippen LogP contribution in [0.15, 0.2) is 16.8 Å². The van der Waals surface area contributed by atoms with Gasteiger partial charge in [-0.2, -0.15) is 11.3 Å². The van der Waals surface area contributed by atoms with Crippen molar-refractivity contribution in [2.75, 3.05) is 13.1 Å². The van der Waals surface area contributed by atoms with E-state index in [0.717, 1.165) is 32.2 Å². The molecule has 1 saturated heterocycles. The largest absolute Gasteiger partial charge is 0.353 e. The summed E-state index contributed by atoms with van der Waals surface area (Å²) in [7, 11) is 0. The van der Waals surface area contributed by atoms with E-state index in [1.54, 1.807) is 11.3 Å². The molecule has 21 heavy (non-hydrogen) atoms. The summed E-state index contributed by atoms with van der Waals surface area (Å²) in [5, 5.41) is 7.18. The lowest BCUT2D eigenvalue weighted by Crippen LogP contribution is -2.38. The number of carbonyl (C=O) groups excluding carboxylic acids is 2. The van der Waals surface area contributed by atoms with E-state index in [1.165, 1.54) is 5.56 Å². The van der Waals surface area contributed by atoms with Crippen molar-refractivity contribution in [3.8, 4) is 0 Å². The van der Waals surface area contributed by atoms with E-state index >= 15 is 0 Å². The van der Waals surface area contributed by atoms with Crippen LogP contribution in [0.3, 0.4) is 0 Å². The van der Waals surface area contributed by atoms with Gasteiger partial charge in [0.05, 0.1) is 0 Å². The van der Waals surface area contributed by atoms with Crippen molar-refractivity contribution in [2.45, 2.75) is 51.5 Å². The van der Waals surface area contributed by atoms with E-state index in [2.05, 4.69) is 22.1 Å². The Morgan fingerprint density at radius 2 is 2.29 bits per heavy atom. The van der Waals surface area contributed by atoms with Gasteiger partial charge in [0.15, 0.2) is 0 Å². The van der Waals surface area contributed by atoms with Crippen LogP contribution in [0, 0.1) is 0 Å². The highest BCUT2D eigenvalue weighted by molar-refractivity contribution is 7.07. The number of hydrogen-bond acceptors (Lipinski definition) is 3. The smallest absolute Gasteiger partial charge is 0.222 e. The number of nitrogens with one attached hydrogen (secondary N) is 1. The molecule has 0 bridgehead atoms. The standard InChI is InChI=1S/C16H24N2O2S/c1-13(11-14-7-10-21-12-14)17-15(19)6-9-18-8-4-2-3-5-16(18)20/h7,10,12-13H,2-6,8-9,11H2,1H3,(H,17,19). The minimum absolute atomic E-state index is 0.0368. The molecule has 0 saturated carbocycles. The van der Waals surface area contributed by atoms with Crippen molar-refractivity contribution in [1.29, 1.82) is 0 Å². The second-order valence-electron chi connectivity index (χ2n) is 5.75. The maximum absolute atomic E-state index is 12.0. The number of nitrogens with zero attached hydrogens (tertiary/aromatic N) is 1. The Kier molecular flexibility index (Phi) is 6.23. The van der Waals surface area contributed by atoms with Crippen molar-refractivity contribution in [3.63, 3.8) is 0 Å². The third kappa shape index (κ3) is 5.50. The van der Waals surface area contributed by atoms with Gasteiger partial charge in [-0.1, -0.05) is 6.42 Å². The average molecular weight is 308 g/mol. The average Bonchev–Trinajstić information content (AvgIpc) is 2.85. The third-order valence-electron chi connectivity index (χ3n) is 3.81. The molecule has 0 radical (unpaired) electrons. The number of hydrogen-bond donors (Lipinski definition) is 1. The topological polar surface area (TPSA) is 49.4 Å². The van der Waals surface area contributed by atoms with Gasteiger partial charge in [-0.05, 0) is 48.6 Å². The van der Waals surface area contributed by atoms with E-state index in [-0.39, 0.29) is 17.9 Å². The van der Waals surface area contributed by atoms with Crippen molar-refractivity contribution < 1.29 is 9.59 Å².